The van der Waals surface area contributed by atoms with Gasteiger partial charge in [-0.2, -0.15) is 13.2 Å². The summed E-state index contributed by atoms with van der Waals surface area (Å²) in [6.45, 7) is 7.01. The number of nitrogens with zero attached hydrogens (tertiary/aromatic N) is 3. The van der Waals surface area contributed by atoms with E-state index in [1.165, 1.54) is 18.6 Å². The normalized spacial score (nSPS) is 12.0. The molecule has 10 heteroatoms. The molecule has 0 aliphatic rings. The number of carbonyl (C=O) groups excluding carboxylic acids is 2. The molecule has 0 amide bonds. The van der Waals surface area contributed by atoms with Crippen LogP contribution in [0.2, 0.25) is 0 Å². The van der Waals surface area contributed by atoms with E-state index in [0.29, 0.717) is 0 Å². The topological polar surface area (TPSA) is 83.3 Å². The lowest BCUT2D eigenvalue weighted by atomic mass is 10.1. The van der Waals surface area contributed by atoms with E-state index in [9.17, 15) is 22.8 Å². The molecular weight excluding hydrogens is 403 g/mol. The van der Waals surface area contributed by atoms with Crippen molar-refractivity contribution in [3.8, 4) is 17.1 Å². The number of benzene rings is 1. The lowest BCUT2D eigenvalue weighted by molar-refractivity contribution is -0.156. The molecule has 0 radical (unpaired) electrons. The summed E-state index contributed by atoms with van der Waals surface area (Å²) in [6, 6.07) is 3.22. The van der Waals surface area contributed by atoms with Crippen LogP contribution in [0.5, 0.6) is 5.75 Å². The van der Waals surface area contributed by atoms with Crippen LogP contribution in [0.15, 0.2) is 30.6 Å². The van der Waals surface area contributed by atoms with Crippen LogP contribution < -0.4 is 4.74 Å². The maximum atomic E-state index is 13.2. The van der Waals surface area contributed by atoms with Gasteiger partial charge in [-0.1, -0.05) is 13.8 Å². The molecule has 0 fully saturated rings. The predicted molar refractivity (Wildman–Crippen MR) is 102 cm³/mol. The Balaban J connectivity index is 2.20. The van der Waals surface area contributed by atoms with Gasteiger partial charge in [-0.05, 0) is 38.0 Å². The minimum absolute atomic E-state index is 0.00334. The highest BCUT2D eigenvalue weighted by molar-refractivity contribution is 5.93. The number of carbonyl (C=O) groups is 2. The molecule has 1 heterocycles. The van der Waals surface area contributed by atoms with Crippen LogP contribution in [0.3, 0.4) is 0 Å². The van der Waals surface area contributed by atoms with E-state index in [2.05, 4.69) is 14.8 Å². The molecule has 2 aromatic rings. The van der Waals surface area contributed by atoms with Crippen LogP contribution in [0.25, 0.3) is 17.6 Å². The van der Waals surface area contributed by atoms with Crippen molar-refractivity contribution in [3.63, 3.8) is 0 Å². The molecule has 1 aromatic heterocycles. The van der Waals surface area contributed by atoms with Gasteiger partial charge in [-0.15, -0.1) is 5.10 Å². The summed E-state index contributed by atoms with van der Waals surface area (Å²) in [5.74, 6) is -1.45. The Morgan fingerprint density at radius 2 is 1.87 bits per heavy atom. The number of rotatable bonds is 7. The van der Waals surface area contributed by atoms with Crippen LogP contribution in [0.4, 0.5) is 13.2 Å². The molecule has 0 saturated carbocycles. The largest absolute Gasteiger partial charge is 0.491 e. The van der Waals surface area contributed by atoms with Crippen LogP contribution in [0, 0.1) is 5.92 Å². The molecule has 0 saturated heterocycles. The molecule has 2 rings (SSSR count). The zero-order valence-electron chi connectivity index (χ0n) is 16.9. The Kier molecular flexibility index (Phi) is 7.36. The quantitative estimate of drug-likeness (QED) is 0.373. The van der Waals surface area contributed by atoms with E-state index in [-0.39, 0.29) is 35.6 Å². The Morgan fingerprint density at radius 3 is 2.47 bits per heavy atom. The smallest absolute Gasteiger partial charge is 0.416 e. The molecule has 0 bridgehead atoms. The molecule has 0 spiro atoms. The number of halogens is 3. The average Bonchev–Trinajstić information content (AvgIpc) is 3.06. The number of hydrogen-bond donors (Lipinski definition) is 0. The van der Waals surface area contributed by atoms with Crippen molar-refractivity contribution < 1.29 is 32.2 Å². The van der Waals surface area contributed by atoms with Crippen molar-refractivity contribution >= 4 is 18.1 Å². The summed E-state index contributed by atoms with van der Waals surface area (Å²) < 4.78 is 50.7. The molecular formula is C20H22F3N3O4. The lowest BCUT2D eigenvalue weighted by Crippen LogP contribution is -2.12. The van der Waals surface area contributed by atoms with Crippen LogP contribution in [-0.2, 0) is 20.5 Å². The third-order valence-electron chi connectivity index (χ3n) is 3.53. The number of esters is 2. The van der Waals surface area contributed by atoms with E-state index in [4.69, 9.17) is 4.74 Å². The number of aromatic nitrogens is 3. The Morgan fingerprint density at radius 1 is 1.17 bits per heavy atom. The molecule has 7 nitrogen and oxygen atoms in total. The highest BCUT2D eigenvalue weighted by Gasteiger charge is 2.32. The van der Waals surface area contributed by atoms with E-state index < -0.39 is 23.7 Å². The Labute approximate surface area is 171 Å². The van der Waals surface area contributed by atoms with E-state index >= 15 is 0 Å². The fourth-order valence-electron chi connectivity index (χ4n) is 2.37. The molecule has 1 aromatic carbocycles. The van der Waals surface area contributed by atoms with Crippen molar-refractivity contribution in [2.24, 2.45) is 5.92 Å². The van der Waals surface area contributed by atoms with Gasteiger partial charge in [0.2, 0.25) is 0 Å². The zero-order chi connectivity index (χ0) is 22.5. The third kappa shape index (κ3) is 7.02. The van der Waals surface area contributed by atoms with Crippen LogP contribution in [-0.4, -0.2) is 32.8 Å². The molecule has 0 aliphatic carbocycles. The van der Waals surface area contributed by atoms with Gasteiger partial charge >= 0.3 is 18.1 Å². The van der Waals surface area contributed by atoms with Gasteiger partial charge in [-0.25, -0.2) is 14.5 Å². The highest BCUT2D eigenvalue weighted by atomic mass is 19.4. The Bertz CT molecular complexity index is 934. The minimum atomic E-state index is -4.57. The standard InChI is InChI=1S/C20H22F3N3O4/c1-12(2)7-18(28)30-17(27)5-6-26-11-24-19(25-26)14-8-15(20(21,22)23)10-16(9-14)29-13(3)4/h5-6,8-13H,7H2,1-4H3/b6-5-. The van der Waals surface area contributed by atoms with Gasteiger partial charge < -0.3 is 9.47 Å². The van der Waals surface area contributed by atoms with Crippen molar-refractivity contribution in [2.75, 3.05) is 0 Å². The molecule has 0 atom stereocenters. The first-order chi connectivity index (χ1) is 13.9. The summed E-state index contributed by atoms with van der Waals surface area (Å²) >= 11 is 0. The maximum Gasteiger partial charge on any atom is 0.416 e. The van der Waals surface area contributed by atoms with Crippen molar-refractivity contribution in [2.45, 2.75) is 46.4 Å². The summed E-state index contributed by atoms with van der Waals surface area (Å²) in [7, 11) is 0. The molecule has 30 heavy (non-hydrogen) atoms. The van der Waals surface area contributed by atoms with E-state index in [0.717, 1.165) is 22.9 Å². The number of hydrogen-bond acceptors (Lipinski definition) is 6. The van der Waals surface area contributed by atoms with Gasteiger partial charge in [0.1, 0.15) is 12.1 Å². The fraction of sp³-hybridized carbons (Fsp3) is 0.400. The number of alkyl halides is 3. The third-order valence-corrected chi connectivity index (χ3v) is 3.53. The second-order valence-corrected chi connectivity index (χ2v) is 7.17. The van der Waals surface area contributed by atoms with Gasteiger partial charge in [0.05, 0.1) is 11.7 Å². The first-order valence-electron chi connectivity index (χ1n) is 9.17. The SMILES string of the molecule is CC(C)CC(=O)OC(=O)/C=C\n1cnc(-c2cc(OC(C)C)cc(C(F)(F)F)c2)n1. The predicted octanol–water partition coefficient (Wildman–Crippen LogP) is 4.34. The first kappa shape index (κ1) is 23.1. The van der Waals surface area contributed by atoms with Gasteiger partial charge in [-0.3, -0.25) is 4.79 Å². The average molecular weight is 425 g/mol. The molecule has 0 N–H and O–H groups in total. The molecule has 162 valence electrons. The zero-order valence-corrected chi connectivity index (χ0v) is 16.9. The minimum Gasteiger partial charge on any atom is -0.491 e. The Hall–Kier alpha value is -3.17. The van der Waals surface area contributed by atoms with Crippen LogP contribution >= 0.6 is 0 Å². The van der Waals surface area contributed by atoms with E-state index in [1.54, 1.807) is 13.8 Å². The monoisotopic (exact) mass is 425 g/mol. The highest BCUT2D eigenvalue weighted by Crippen LogP contribution is 2.35. The van der Waals surface area contributed by atoms with Gasteiger partial charge in [0.15, 0.2) is 5.82 Å². The summed E-state index contributed by atoms with van der Waals surface area (Å²) in [5, 5.41) is 4.03. The fourth-order valence-corrected chi connectivity index (χ4v) is 2.37. The van der Waals surface area contributed by atoms with Crippen molar-refractivity contribution in [1.29, 1.82) is 0 Å². The van der Waals surface area contributed by atoms with Crippen LogP contribution in [0.1, 0.15) is 39.7 Å². The van der Waals surface area contributed by atoms with Gasteiger partial charge in [0, 0.05) is 24.3 Å². The second kappa shape index (κ2) is 9.55. The summed E-state index contributed by atoms with van der Waals surface area (Å²) in [6.07, 6.45) is -1.43. The maximum absolute atomic E-state index is 13.2. The number of ether oxygens (including phenoxy) is 2. The summed E-state index contributed by atoms with van der Waals surface area (Å²) in [4.78, 5) is 27.1. The first-order valence-corrected chi connectivity index (χ1v) is 9.17. The van der Waals surface area contributed by atoms with Crippen molar-refractivity contribution in [3.05, 3.63) is 36.2 Å². The summed E-state index contributed by atoms with van der Waals surface area (Å²) in [5.41, 5.74) is -0.794. The molecule has 0 aliphatic heterocycles. The van der Waals surface area contributed by atoms with Crippen molar-refractivity contribution in [1.82, 2.24) is 14.8 Å². The van der Waals surface area contributed by atoms with E-state index in [1.807, 2.05) is 13.8 Å². The van der Waals surface area contributed by atoms with Gasteiger partial charge in [0.25, 0.3) is 0 Å². The second-order valence-electron chi connectivity index (χ2n) is 7.17. The molecule has 0 unspecified atom stereocenters. The lowest BCUT2D eigenvalue weighted by Gasteiger charge is -2.14.